The molecule has 0 atom stereocenters. The second-order valence-corrected chi connectivity index (χ2v) is 22.8. The van der Waals surface area contributed by atoms with Gasteiger partial charge in [0.15, 0.2) is 0 Å². The average molecular weight is 412 g/mol. The zero-order valence-electron chi connectivity index (χ0n) is 1.57. The van der Waals surface area contributed by atoms with Crippen molar-refractivity contribution < 1.29 is 0 Å². The SMILES string of the molecule is I[Se][Se]I. The first-order valence-electron chi connectivity index (χ1n) is 0.475. The molecule has 0 aromatic carbocycles. The van der Waals surface area contributed by atoms with Crippen molar-refractivity contribution in [3.63, 3.8) is 0 Å². The van der Waals surface area contributed by atoms with Crippen LogP contribution in [-0.4, -0.2) is 19.8 Å². The summed E-state index contributed by atoms with van der Waals surface area (Å²) in [7, 11) is 1.87. The van der Waals surface area contributed by atoms with Crippen LogP contribution in [0.15, 0.2) is 0 Å². The molecule has 4 heteroatoms. The van der Waals surface area contributed by atoms with Crippen LogP contribution in [0.4, 0.5) is 0 Å². The maximum absolute atomic E-state index is 2.43. The van der Waals surface area contributed by atoms with Crippen LogP contribution in [-0.2, 0) is 0 Å². The summed E-state index contributed by atoms with van der Waals surface area (Å²) >= 11 is 4.87. The Morgan fingerprint density at radius 1 is 1.00 bits per heavy atom. The quantitative estimate of drug-likeness (QED) is 0.446. The first kappa shape index (κ1) is 6.50. The van der Waals surface area contributed by atoms with Gasteiger partial charge in [-0.15, -0.1) is 0 Å². The van der Waals surface area contributed by atoms with Gasteiger partial charge in [-0.25, -0.2) is 0 Å². The van der Waals surface area contributed by atoms with E-state index in [2.05, 4.69) is 40.7 Å². The first-order valence-corrected chi connectivity index (χ1v) is 15.3. The van der Waals surface area contributed by atoms with Crippen molar-refractivity contribution in [2.24, 2.45) is 0 Å². The van der Waals surface area contributed by atoms with Gasteiger partial charge in [-0.2, -0.15) is 0 Å². The second-order valence-electron chi connectivity index (χ2n) is 0.126. The van der Waals surface area contributed by atoms with E-state index in [4.69, 9.17) is 0 Å². The summed E-state index contributed by atoms with van der Waals surface area (Å²) in [5, 5.41) is 0. The van der Waals surface area contributed by atoms with Gasteiger partial charge < -0.3 is 0 Å². The van der Waals surface area contributed by atoms with Crippen molar-refractivity contribution >= 4 is 60.5 Å². The van der Waals surface area contributed by atoms with E-state index in [9.17, 15) is 0 Å². The molecule has 0 bridgehead atoms. The number of hydrogen-bond acceptors (Lipinski definition) is 0. The zero-order valence-corrected chi connectivity index (χ0v) is 9.31. The minimum absolute atomic E-state index is 0.936. The van der Waals surface area contributed by atoms with Crippen LogP contribution in [0.2, 0.25) is 0 Å². The molecule has 4 heavy (non-hydrogen) atoms. The molecule has 0 saturated carbocycles. The van der Waals surface area contributed by atoms with Gasteiger partial charge in [-0.3, -0.25) is 0 Å². The summed E-state index contributed by atoms with van der Waals surface area (Å²) in [5.74, 6) is 0. The molecule has 0 aliphatic carbocycles. The molecule has 0 saturated heterocycles. The molecule has 0 N–H and O–H groups in total. The van der Waals surface area contributed by atoms with E-state index in [1.54, 1.807) is 0 Å². The third-order valence-electron chi connectivity index (χ3n) is 0.0238. The second kappa shape index (κ2) is 5.50. The molecular formula is I2Se2. The fourth-order valence-corrected chi connectivity index (χ4v) is 0. The minimum atomic E-state index is 0.936. The van der Waals surface area contributed by atoms with Gasteiger partial charge in [0.1, 0.15) is 0 Å². The van der Waals surface area contributed by atoms with Crippen LogP contribution >= 0.6 is 40.7 Å². The van der Waals surface area contributed by atoms with Crippen LogP contribution in [0.25, 0.3) is 0 Å². The van der Waals surface area contributed by atoms with E-state index >= 15 is 0 Å². The van der Waals surface area contributed by atoms with Crippen molar-refractivity contribution in [3.05, 3.63) is 0 Å². The maximum atomic E-state index is 2.43. The van der Waals surface area contributed by atoms with E-state index in [0.29, 0.717) is 0 Å². The van der Waals surface area contributed by atoms with Gasteiger partial charge in [0, 0.05) is 0 Å². The Balaban J connectivity index is 1.97. The molecule has 0 heterocycles. The third-order valence-corrected chi connectivity index (χ3v) is 28.9. The third kappa shape index (κ3) is 4.50. The van der Waals surface area contributed by atoms with Crippen molar-refractivity contribution in [2.45, 2.75) is 0 Å². The van der Waals surface area contributed by atoms with Crippen molar-refractivity contribution in [2.75, 3.05) is 0 Å². The van der Waals surface area contributed by atoms with Crippen LogP contribution in [0.5, 0.6) is 0 Å². The van der Waals surface area contributed by atoms with Gasteiger partial charge in [-0.05, 0) is 0 Å². The Morgan fingerprint density at radius 2 is 1.25 bits per heavy atom. The molecule has 0 unspecified atom stereocenters. The Bertz CT molecular complexity index is 6.00. The van der Waals surface area contributed by atoms with Crippen LogP contribution < -0.4 is 0 Å². The Kier molecular flexibility index (Phi) is 8.93. The van der Waals surface area contributed by atoms with E-state index in [1.165, 1.54) is 0 Å². The Morgan fingerprint density at radius 3 is 1.25 bits per heavy atom. The fourth-order valence-electron chi connectivity index (χ4n) is 0. The molecule has 0 spiro atoms. The Labute approximate surface area is 59.2 Å². The van der Waals surface area contributed by atoms with Crippen molar-refractivity contribution in [1.29, 1.82) is 0 Å². The van der Waals surface area contributed by atoms with Crippen LogP contribution in [0, 0.1) is 0 Å². The first-order chi connectivity index (χ1) is 1.91. The number of rotatable bonds is 1. The molecule has 26 valence electrons. The molecule has 0 rings (SSSR count). The standard InChI is InChI=1S/I2Se2/c1-3-4-2. The van der Waals surface area contributed by atoms with Crippen molar-refractivity contribution in [3.8, 4) is 0 Å². The predicted octanol–water partition coefficient (Wildman–Crippen LogP) is 1.01. The summed E-state index contributed by atoms with van der Waals surface area (Å²) in [6.07, 6.45) is 0. The van der Waals surface area contributed by atoms with Gasteiger partial charge in [0.2, 0.25) is 0 Å². The molecule has 0 aromatic heterocycles. The normalized spacial score (nSPS) is 7.50. The van der Waals surface area contributed by atoms with Gasteiger partial charge in [0.05, 0.1) is 0 Å². The molecule has 0 nitrogen and oxygen atoms in total. The molecule has 0 radical (unpaired) electrons. The summed E-state index contributed by atoms with van der Waals surface area (Å²) in [6, 6.07) is 0. The number of halogens is 2. The molecule has 0 aromatic rings. The molecule has 0 amide bonds. The van der Waals surface area contributed by atoms with E-state index in [1.807, 2.05) is 0 Å². The summed E-state index contributed by atoms with van der Waals surface area (Å²) in [5.41, 5.74) is 0. The number of hydrogen-bond donors (Lipinski definition) is 0. The van der Waals surface area contributed by atoms with Gasteiger partial charge >= 0.3 is 60.5 Å². The van der Waals surface area contributed by atoms with Gasteiger partial charge in [-0.1, -0.05) is 0 Å². The van der Waals surface area contributed by atoms with E-state index < -0.39 is 0 Å². The fraction of sp³-hybridized carbons (Fsp3) is 0. The zero-order chi connectivity index (χ0) is 3.41. The van der Waals surface area contributed by atoms with Crippen LogP contribution in [0.1, 0.15) is 0 Å². The Hall–Kier alpha value is 2.50. The monoisotopic (exact) mass is 414 g/mol. The summed E-state index contributed by atoms with van der Waals surface area (Å²) in [4.78, 5) is 0. The van der Waals surface area contributed by atoms with E-state index in [-0.39, 0.29) is 0 Å². The van der Waals surface area contributed by atoms with Gasteiger partial charge in [0.25, 0.3) is 0 Å². The molecular weight excluding hydrogens is 412 g/mol. The average Bonchev–Trinajstić information content (AvgIpc) is 1.37. The summed E-state index contributed by atoms with van der Waals surface area (Å²) in [6.45, 7) is 0. The molecule has 0 aliphatic rings. The summed E-state index contributed by atoms with van der Waals surface area (Å²) < 4.78 is 0. The van der Waals surface area contributed by atoms with E-state index in [0.717, 1.165) is 19.8 Å². The van der Waals surface area contributed by atoms with Crippen molar-refractivity contribution in [1.82, 2.24) is 0 Å². The molecule has 0 fully saturated rings. The van der Waals surface area contributed by atoms with Crippen LogP contribution in [0.3, 0.4) is 0 Å². The molecule has 0 aliphatic heterocycles. The topological polar surface area (TPSA) is 0 Å². The predicted molar refractivity (Wildman–Crippen MR) is 39.5 cm³/mol.